The van der Waals surface area contributed by atoms with Gasteiger partial charge in [-0.05, 0) is 32.6 Å². The van der Waals surface area contributed by atoms with Crippen molar-refractivity contribution in [2.24, 2.45) is 16.3 Å². The van der Waals surface area contributed by atoms with E-state index < -0.39 is 0 Å². The minimum absolute atomic E-state index is 0. The summed E-state index contributed by atoms with van der Waals surface area (Å²) in [6.07, 6.45) is 3.78. The number of ether oxygens (including phenoxy) is 3. The Morgan fingerprint density at radius 3 is 2.85 bits per heavy atom. The van der Waals surface area contributed by atoms with Gasteiger partial charge in [0.1, 0.15) is 0 Å². The van der Waals surface area contributed by atoms with Crippen LogP contribution in [0.2, 0.25) is 0 Å². The zero-order valence-electron chi connectivity index (χ0n) is 16.0. The fourth-order valence-electron chi connectivity index (χ4n) is 3.22. The topological polar surface area (TPSA) is 84.3 Å². The van der Waals surface area contributed by atoms with Crippen LogP contribution in [-0.2, 0) is 14.2 Å². The van der Waals surface area contributed by atoms with E-state index in [0.29, 0.717) is 19.1 Å². The van der Waals surface area contributed by atoms with E-state index in [1.807, 2.05) is 0 Å². The van der Waals surface area contributed by atoms with E-state index in [0.717, 1.165) is 77.8 Å². The highest BCUT2D eigenvalue weighted by molar-refractivity contribution is 14.0. The van der Waals surface area contributed by atoms with Gasteiger partial charge < -0.3 is 30.0 Å². The Labute approximate surface area is 174 Å². The highest BCUT2D eigenvalue weighted by Crippen LogP contribution is 2.32. The van der Waals surface area contributed by atoms with Gasteiger partial charge in [0.15, 0.2) is 5.96 Å². The lowest BCUT2D eigenvalue weighted by Gasteiger charge is -2.24. The summed E-state index contributed by atoms with van der Waals surface area (Å²) >= 11 is 0. The average molecular weight is 485 g/mol. The monoisotopic (exact) mass is 485 g/mol. The Kier molecular flexibility index (Phi) is 12.8. The lowest BCUT2D eigenvalue weighted by Crippen LogP contribution is -2.39. The third-order valence-electron chi connectivity index (χ3n) is 4.88. The summed E-state index contributed by atoms with van der Waals surface area (Å²) in [5, 5.41) is 15.9. The number of aliphatic hydroxyl groups is 1. The Morgan fingerprint density at radius 1 is 1.31 bits per heavy atom. The first-order valence-corrected chi connectivity index (χ1v) is 9.64. The van der Waals surface area contributed by atoms with Crippen molar-refractivity contribution < 1.29 is 19.3 Å². The fraction of sp³-hybridized carbons (Fsp3) is 0.944. The molecule has 3 N–H and O–H groups in total. The van der Waals surface area contributed by atoms with E-state index >= 15 is 0 Å². The van der Waals surface area contributed by atoms with Gasteiger partial charge in [0.25, 0.3) is 0 Å². The van der Waals surface area contributed by atoms with Crippen LogP contribution in [0.1, 0.15) is 32.6 Å². The zero-order chi connectivity index (χ0) is 17.8. The average Bonchev–Trinajstić information content (AvgIpc) is 3.28. The summed E-state index contributed by atoms with van der Waals surface area (Å²) in [4.78, 5) is 4.71. The van der Waals surface area contributed by atoms with Crippen LogP contribution < -0.4 is 10.6 Å². The van der Waals surface area contributed by atoms with E-state index in [1.54, 1.807) is 0 Å². The van der Waals surface area contributed by atoms with Crippen LogP contribution in [0.25, 0.3) is 0 Å². The molecule has 0 aliphatic carbocycles. The highest BCUT2D eigenvalue weighted by Gasteiger charge is 2.34. The molecule has 154 valence electrons. The van der Waals surface area contributed by atoms with Crippen molar-refractivity contribution in [3.8, 4) is 0 Å². The molecule has 2 saturated heterocycles. The van der Waals surface area contributed by atoms with Crippen molar-refractivity contribution >= 4 is 29.9 Å². The molecule has 0 bridgehead atoms. The van der Waals surface area contributed by atoms with Crippen LogP contribution in [0.5, 0.6) is 0 Å². The number of nitrogens with zero attached hydrogens (tertiary/aromatic N) is 1. The smallest absolute Gasteiger partial charge is 0.191 e. The molecular weight excluding hydrogens is 449 g/mol. The predicted molar refractivity (Wildman–Crippen MR) is 113 cm³/mol. The molecule has 0 aromatic rings. The lowest BCUT2D eigenvalue weighted by atomic mass is 9.84. The molecule has 0 spiro atoms. The minimum atomic E-state index is -0.0104. The molecular formula is C18H36IN3O4. The molecule has 8 heteroatoms. The summed E-state index contributed by atoms with van der Waals surface area (Å²) in [6.45, 7) is 9.32. The predicted octanol–water partition coefficient (Wildman–Crippen LogP) is 1.39. The number of hydrogen-bond acceptors (Lipinski definition) is 5. The number of aliphatic hydroxyl groups excluding tert-OH is 1. The molecule has 2 aliphatic rings. The second-order valence-corrected chi connectivity index (χ2v) is 7.06. The Morgan fingerprint density at radius 2 is 2.19 bits per heavy atom. The van der Waals surface area contributed by atoms with Crippen LogP contribution >= 0.6 is 24.0 Å². The van der Waals surface area contributed by atoms with E-state index in [4.69, 9.17) is 19.2 Å². The third-order valence-corrected chi connectivity index (χ3v) is 4.88. The summed E-state index contributed by atoms with van der Waals surface area (Å²) in [6, 6.07) is 0. The largest absolute Gasteiger partial charge is 0.396 e. The maximum Gasteiger partial charge on any atom is 0.191 e. The van der Waals surface area contributed by atoms with Gasteiger partial charge in [-0.2, -0.15) is 0 Å². The van der Waals surface area contributed by atoms with E-state index in [1.165, 1.54) is 0 Å². The molecule has 2 heterocycles. The second kappa shape index (κ2) is 13.9. The van der Waals surface area contributed by atoms with Gasteiger partial charge in [-0.15, -0.1) is 24.0 Å². The van der Waals surface area contributed by atoms with Gasteiger partial charge in [0.2, 0.25) is 0 Å². The molecule has 0 saturated carbocycles. The van der Waals surface area contributed by atoms with Crippen molar-refractivity contribution in [2.45, 2.75) is 32.6 Å². The molecule has 2 rings (SSSR count). The van der Waals surface area contributed by atoms with Crippen LogP contribution in [0.15, 0.2) is 4.99 Å². The Balaban J connectivity index is 0.00000338. The number of guanidine groups is 1. The molecule has 26 heavy (non-hydrogen) atoms. The first-order valence-electron chi connectivity index (χ1n) is 9.64. The summed E-state index contributed by atoms with van der Waals surface area (Å²) in [5.41, 5.74) is -0.0104. The fourth-order valence-corrected chi connectivity index (χ4v) is 3.22. The number of nitrogens with one attached hydrogen (secondary N) is 2. The molecule has 2 aliphatic heterocycles. The normalized spacial score (nSPS) is 25.9. The first kappa shape index (κ1) is 23.9. The number of rotatable bonds is 11. The van der Waals surface area contributed by atoms with Gasteiger partial charge in [-0.3, -0.25) is 4.99 Å². The van der Waals surface area contributed by atoms with Crippen molar-refractivity contribution in [2.75, 3.05) is 65.9 Å². The molecule has 0 aromatic heterocycles. The minimum Gasteiger partial charge on any atom is -0.396 e. The van der Waals surface area contributed by atoms with Gasteiger partial charge >= 0.3 is 0 Å². The molecule has 0 amide bonds. The van der Waals surface area contributed by atoms with Gasteiger partial charge in [0.05, 0.1) is 26.4 Å². The molecule has 0 radical (unpaired) electrons. The summed E-state index contributed by atoms with van der Waals surface area (Å²) in [5.74, 6) is 1.40. The van der Waals surface area contributed by atoms with Crippen molar-refractivity contribution in [1.82, 2.24) is 10.6 Å². The molecule has 0 aromatic carbocycles. The van der Waals surface area contributed by atoms with E-state index in [-0.39, 0.29) is 36.0 Å². The third kappa shape index (κ3) is 8.69. The van der Waals surface area contributed by atoms with E-state index in [2.05, 4.69) is 17.6 Å². The lowest BCUT2D eigenvalue weighted by molar-refractivity contribution is 0.0888. The second-order valence-electron chi connectivity index (χ2n) is 7.06. The van der Waals surface area contributed by atoms with Gasteiger partial charge in [-0.1, -0.05) is 0 Å². The number of aliphatic imine (C=N–C) groups is 1. The van der Waals surface area contributed by atoms with Crippen molar-refractivity contribution in [3.05, 3.63) is 0 Å². The van der Waals surface area contributed by atoms with Gasteiger partial charge in [0, 0.05) is 50.8 Å². The van der Waals surface area contributed by atoms with Crippen LogP contribution in [-0.4, -0.2) is 76.9 Å². The van der Waals surface area contributed by atoms with Crippen LogP contribution in [0, 0.1) is 11.3 Å². The number of hydrogen-bond donors (Lipinski definition) is 3. The quantitative estimate of drug-likeness (QED) is 0.178. The summed E-state index contributed by atoms with van der Waals surface area (Å²) in [7, 11) is 0. The van der Waals surface area contributed by atoms with Crippen LogP contribution in [0.3, 0.4) is 0 Å². The maximum absolute atomic E-state index is 9.31. The van der Waals surface area contributed by atoms with E-state index in [9.17, 15) is 5.11 Å². The number of halogens is 1. The maximum atomic E-state index is 9.31. The van der Waals surface area contributed by atoms with Crippen molar-refractivity contribution in [3.63, 3.8) is 0 Å². The van der Waals surface area contributed by atoms with Gasteiger partial charge in [-0.25, -0.2) is 0 Å². The molecule has 2 atom stereocenters. The molecule has 2 unspecified atom stereocenters. The zero-order valence-corrected chi connectivity index (χ0v) is 18.3. The SMILES string of the molecule is CCNC(=NCC1(CCO)CCOC1)NCCCOCC1CCOC1.I. The highest BCUT2D eigenvalue weighted by atomic mass is 127. The molecule has 2 fully saturated rings. The summed E-state index contributed by atoms with van der Waals surface area (Å²) < 4.78 is 16.6. The standard InChI is InChI=1S/C18H35N3O4.HI/c1-2-19-17(21-14-18(5-8-22)6-11-25-15-18)20-7-3-9-23-12-16-4-10-24-13-16;/h16,22H,2-15H2,1H3,(H2,19,20,21);1H. The van der Waals surface area contributed by atoms with Crippen molar-refractivity contribution in [1.29, 1.82) is 0 Å². The van der Waals surface area contributed by atoms with Crippen LogP contribution in [0.4, 0.5) is 0 Å². The Bertz CT molecular complexity index is 387. The Hall–Kier alpha value is -0.160. The molecule has 7 nitrogen and oxygen atoms in total. The first-order chi connectivity index (χ1) is 12.3.